The molecule has 2 N–H and O–H groups in total. The van der Waals surface area contributed by atoms with Gasteiger partial charge in [-0.3, -0.25) is 0 Å². The first-order valence-corrected chi connectivity index (χ1v) is 8.89. The van der Waals surface area contributed by atoms with Crippen LogP contribution in [0.25, 0.3) is 0 Å². The topological polar surface area (TPSA) is 35.5 Å². The van der Waals surface area contributed by atoms with Crippen LogP contribution in [-0.2, 0) is 0 Å². The highest BCUT2D eigenvalue weighted by Gasteiger charge is 2.42. The van der Waals surface area contributed by atoms with Crippen LogP contribution >= 0.6 is 0 Å². The summed E-state index contributed by atoms with van der Waals surface area (Å²) < 4.78 is 0. The molecule has 0 bridgehead atoms. The van der Waals surface area contributed by atoms with E-state index in [-0.39, 0.29) is 12.1 Å². The van der Waals surface area contributed by atoms with E-state index in [1.807, 2.05) is 0 Å². The van der Waals surface area contributed by atoms with Gasteiger partial charge in [0.25, 0.3) is 0 Å². The molecule has 21 heavy (non-hydrogen) atoms. The van der Waals surface area contributed by atoms with Gasteiger partial charge in [0.15, 0.2) is 0 Å². The Kier molecular flexibility index (Phi) is 7.66. The third-order valence-electron chi connectivity index (χ3n) is 5.21. The minimum atomic E-state index is -0.0315. The second-order valence-corrected chi connectivity index (χ2v) is 7.95. The fourth-order valence-corrected chi connectivity index (χ4v) is 4.03. The summed E-state index contributed by atoms with van der Waals surface area (Å²) in [5.41, 5.74) is -0.0315. The maximum absolute atomic E-state index is 9.95. The van der Waals surface area contributed by atoms with Crippen molar-refractivity contribution in [3.63, 3.8) is 0 Å². The van der Waals surface area contributed by atoms with Crippen LogP contribution in [-0.4, -0.2) is 47.8 Å². The van der Waals surface area contributed by atoms with E-state index < -0.39 is 0 Å². The van der Waals surface area contributed by atoms with Crippen molar-refractivity contribution in [1.82, 2.24) is 10.2 Å². The first-order valence-electron chi connectivity index (χ1n) is 8.89. The van der Waals surface area contributed by atoms with E-state index in [2.05, 4.69) is 51.9 Å². The molecule has 1 rings (SSSR count). The third-order valence-corrected chi connectivity index (χ3v) is 5.21. The zero-order valence-electron chi connectivity index (χ0n) is 15.2. The molecule has 0 amide bonds. The van der Waals surface area contributed by atoms with E-state index in [4.69, 9.17) is 0 Å². The molecule has 126 valence electrons. The molecule has 1 fully saturated rings. The van der Waals surface area contributed by atoms with Gasteiger partial charge in [-0.05, 0) is 58.0 Å². The van der Waals surface area contributed by atoms with Crippen LogP contribution in [0.5, 0.6) is 0 Å². The van der Waals surface area contributed by atoms with E-state index in [1.54, 1.807) is 0 Å². The van der Waals surface area contributed by atoms with Crippen LogP contribution in [0, 0.1) is 11.8 Å². The SMILES string of the molecule is CC(C)CC(C)N(C)CCC1CCCC1(CO)NC(C)C. The highest BCUT2D eigenvalue weighted by atomic mass is 16.3. The molecular formula is C18H38N2O. The first kappa shape index (κ1) is 18.9. The smallest absolute Gasteiger partial charge is 0.0616 e. The molecule has 0 saturated heterocycles. The monoisotopic (exact) mass is 298 g/mol. The summed E-state index contributed by atoms with van der Waals surface area (Å²) in [6.45, 7) is 12.7. The molecule has 3 unspecified atom stereocenters. The van der Waals surface area contributed by atoms with Crippen molar-refractivity contribution in [1.29, 1.82) is 0 Å². The van der Waals surface area contributed by atoms with Crippen LogP contribution < -0.4 is 5.32 Å². The largest absolute Gasteiger partial charge is 0.394 e. The molecule has 0 aromatic carbocycles. The molecule has 1 aliphatic rings. The van der Waals surface area contributed by atoms with Gasteiger partial charge in [-0.2, -0.15) is 0 Å². The zero-order valence-corrected chi connectivity index (χ0v) is 15.2. The van der Waals surface area contributed by atoms with E-state index in [1.165, 1.54) is 25.7 Å². The molecule has 3 heteroatoms. The molecule has 3 nitrogen and oxygen atoms in total. The number of nitrogens with one attached hydrogen (secondary N) is 1. The van der Waals surface area contributed by atoms with E-state index in [0.717, 1.165) is 18.9 Å². The molecule has 0 radical (unpaired) electrons. The number of nitrogens with zero attached hydrogens (tertiary/aromatic N) is 1. The van der Waals surface area contributed by atoms with Crippen molar-refractivity contribution in [3.8, 4) is 0 Å². The lowest BCUT2D eigenvalue weighted by atomic mass is 9.84. The average molecular weight is 299 g/mol. The summed E-state index contributed by atoms with van der Waals surface area (Å²) in [7, 11) is 2.25. The Bertz CT molecular complexity index is 293. The van der Waals surface area contributed by atoms with Gasteiger partial charge >= 0.3 is 0 Å². The molecular weight excluding hydrogens is 260 g/mol. The summed E-state index contributed by atoms with van der Waals surface area (Å²) in [5, 5.41) is 13.6. The Labute approximate surface area is 132 Å². The second kappa shape index (κ2) is 8.50. The number of hydrogen-bond acceptors (Lipinski definition) is 3. The predicted octanol–water partition coefficient (Wildman–Crippen LogP) is 3.27. The minimum Gasteiger partial charge on any atom is -0.394 e. The van der Waals surface area contributed by atoms with Crippen molar-refractivity contribution >= 4 is 0 Å². The number of rotatable bonds is 9. The standard InChI is InChI=1S/C18H38N2O/c1-14(2)12-16(5)20(6)11-9-17-8-7-10-18(17,13-21)19-15(3)4/h14-17,19,21H,7-13H2,1-6H3. The summed E-state index contributed by atoms with van der Waals surface area (Å²) in [4.78, 5) is 2.50. The van der Waals surface area contributed by atoms with Crippen molar-refractivity contribution in [2.45, 2.75) is 84.3 Å². The minimum absolute atomic E-state index is 0.0315. The predicted molar refractivity (Wildman–Crippen MR) is 91.6 cm³/mol. The second-order valence-electron chi connectivity index (χ2n) is 7.95. The van der Waals surface area contributed by atoms with E-state index in [0.29, 0.717) is 18.0 Å². The summed E-state index contributed by atoms with van der Waals surface area (Å²) >= 11 is 0. The summed E-state index contributed by atoms with van der Waals surface area (Å²) in [6.07, 6.45) is 6.08. The molecule has 0 aromatic heterocycles. The summed E-state index contributed by atoms with van der Waals surface area (Å²) in [5.74, 6) is 1.37. The maximum atomic E-state index is 9.95. The van der Waals surface area contributed by atoms with Crippen molar-refractivity contribution in [2.75, 3.05) is 20.2 Å². The van der Waals surface area contributed by atoms with Crippen molar-refractivity contribution < 1.29 is 5.11 Å². The average Bonchev–Trinajstić information content (AvgIpc) is 2.77. The van der Waals surface area contributed by atoms with E-state index in [9.17, 15) is 5.11 Å². The lowest BCUT2D eigenvalue weighted by molar-refractivity contribution is 0.101. The molecule has 0 aliphatic heterocycles. The fraction of sp³-hybridized carbons (Fsp3) is 1.00. The molecule has 1 saturated carbocycles. The number of aliphatic hydroxyl groups is 1. The Morgan fingerprint density at radius 2 is 1.90 bits per heavy atom. The highest BCUT2D eigenvalue weighted by Crippen LogP contribution is 2.38. The Hall–Kier alpha value is -0.120. The van der Waals surface area contributed by atoms with Gasteiger partial charge in [-0.15, -0.1) is 0 Å². The van der Waals surface area contributed by atoms with Gasteiger partial charge in [0.2, 0.25) is 0 Å². The van der Waals surface area contributed by atoms with Crippen LogP contribution in [0.4, 0.5) is 0 Å². The van der Waals surface area contributed by atoms with Crippen LogP contribution in [0.3, 0.4) is 0 Å². The van der Waals surface area contributed by atoms with E-state index >= 15 is 0 Å². The van der Waals surface area contributed by atoms with Crippen LogP contribution in [0.1, 0.15) is 66.7 Å². The van der Waals surface area contributed by atoms with Crippen molar-refractivity contribution in [3.05, 3.63) is 0 Å². The van der Waals surface area contributed by atoms with Crippen LogP contribution in [0.2, 0.25) is 0 Å². The quantitative estimate of drug-likeness (QED) is 0.686. The molecule has 0 aromatic rings. The Balaban J connectivity index is 2.52. The lowest BCUT2D eigenvalue weighted by Gasteiger charge is -2.38. The Morgan fingerprint density at radius 1 is 1.24 bits per heavy atom. The highest BCUT2D eigenvalue weighted by molar-refractivity contribution is 5.00. The number of hydrogen-bond donors (Lipinski definition) is 2. The van der Waals surface area contributed by atoms with Gasteiger partial charge in [-0.1, -0.05) is 34.1 Å². The lowest BCUT2D eigenvalue weighted by Crippen LogP contribution is -2.54. The fourth-order valence-electron chi connectivity index (χ4n) is 4.03. The van der Waals surface area contributed by atoms with Gasteiger partial charge in [0.05, 0.1) is 6.61 Å². The van der Waals surface area contributed by atoms with Gasteiger partial charge < -0.3 is 15.3 Å². The van der Waals surface area contributed by atoms with Gasteiger partial charge in [-0.25, -0.2) is 0 Å². The molecule has 3 atom stereocenters. The van der Waals surface area contributed by atoms with Gasteiger partial charge in [0.1, 0.15) is 0 Å². The van der Waals surface area contributed by atoms with Crippen LogP contribution in [0.15, 0.2) is 0 Å². The van der Waals surface area contributed by atoms with Gasteiger partial charge in [0, 0.05) is 17.6 Å². The molecule has 0 spiro atoms. The molecule has 0 heterocycles. The Morgan fingerprint density at radius 3 is 2.43 bits per heavy atom. The zero-order chi connectivity index (χ0) is 16.0. The normalized spacial score (nSPS) is 28.0. The maximum Gasteiger partial charge on any atom is 0.0616 e. The summed E-state index contributed by atoms with van der Waals surface area (Å²) in [6, 6.07) is 1.09. The first-order chi connectivity index (χ1) is 9.80. The van der Waals surface area contributed by atoms with Crippen molar-refractivity contribution in [2.24, 2.45) is 11.8 Å². The number of aliphatic hydroxyl groups excluding tert-OH is 1. The third kappa shape index (κ3) is 5.54. The molecule has 1 aliphatic carbocycles.